The molecular formula is C27H37N5O5Si. The van der Waals surface area contributed by atoms with Crippen LogP contribution in [-0.2, 0) is 13.9 Å². The van der Waals surface area contributed by atoms with E-state index in [1.165, 1.54) is 6.33 Å². The third-order valence-electron chi connectivity index (χ3n) is 8.08. The van der Waals surface area contributed by atoms with Gasteiger partial charge in [0.2, 0.25) is 0 Å². The number of aromatic nitrogens is 4. The number of benzene rings is 1. The number of carbonyl (C=O) groups excluding carboxylic acids is 1. The quantitative estimate of drug-likeness (QED) is 0.410. The van der Waals surface area contributed by atoms with E-state index in [9.17, 15) is 9.90 Å². The van der Waals surface area contributed by atoms with E-state index in [0.717, 1.165) is 12.8 Å². The van der Waals surface area contributed by atoms with Crippen LogP contribution in [0, 0.1) is 5.92 Å². The van der Waals surface area contributed by atoms with Gasteiger partial charge in [0.05, 0.1) is 12.4 Å². The van der Waals surface area contributed by atoms with Gasteiger partial charge in [0.1, 0.15) is 24.6 Å². The van der Waals surface area contributed by atoms with Crippen molar-refractivity contribution in [1.82, 2.24) is 19.5 Å². The van der Waals surface area contributed by atoms with Crippen molar-refractivity contribution >= 4 is 31.2 Å². The van der Waals surface area contributed by atoms with Crippen LogP contribution in [0.3, 0.4) is 0 Å². The van der Waals surface area contributed by atoms with Crippen molar-refractivity contribution in [2.75, 3.05) is 12.4 Å². The molecule has 3 heterocycles. The molecule has 0 spiro atoms. The third kappa shape index (κ3) is 5.01. The largest absolute Gasteiger partial charge is 0.408 e. The van der Waals surface area contributed by atoms with Crippen molar-refractivity contribution in [1.29, 1.82) is 0 Å². The number of rotatable bonds is 8. The molecule has 3 aromatic rings. The van der Waals surface area contributed by atoms with Gasteiger partial charge < -0.3 is 24.3 Å². The molecule has 5 atom stereocenters. The summed E-state index contributed by atoms with van der Waals surface area (Å²) < 4.78 is 21.2. The summed E-state index contributed by atoms with van der Waals surface area (Å²) in [6.07, 6.45) is 2.15. The Morgan fingerprint density at radius 3 is 2.50 bits per heavy atom. The Balaban J connectivity index is 1.48. The number of nitrogens with zero attached hydrogens (tertiary/aromatic N) is 4. The van der Waals surface area contributed by atoms with E-state index in [0.29, 0.717) is 22.5 Å². The van der Waals surface area contributed by atoms with Crippen LogP contribution in [0.5, 0.6) is 0 Å². The summed E-state index contributed by atoms with van der Waals surface area (Å²) in [7, 11) is -0.593. The summed E-state index contributed by atoms with van der Waals surface area (Å²) in [5, 5.41) is 14.0. The lowest BCUT2D eigenvalue weighted by atomic mass is 10.0. The van der Waals surface area contributed by atoms with Crippen molar-refractivity contribution in [3.63, 3.8) is 0 Å². The summed E-state index contributed by atoms with van der Waals surface area (Å²) in [5.41, 5.74) is 1.44. The predicted molar refractivity (Wildman–Crippen MR) is 145 cm³/mol. The number of methoxy groups -OCH3 is 1. The van der Waals surface area contributed by atoms with Crippen LogP contribution in [0.15, 0.2) is 43.0 Å². The maximum atomic E-state index is 12.8. The maximum Gasteiger partial charge on any atom is 0.256 e. The molecule has 10 nitrogen and oxygen atoms in total. The Labute approximate surface area is 223 Å². The number of fused-ring (bicyclic) bond motifs is 1. The van der Waals surface area contributed by atoms with Crippen LogP contribution in [0.4, 0.5) is 5.82 Å². The van der Waals surface area contributed by atoms with Gasteiger partial charge in [-0.05, 0) is 49.0 Å². The highest BCUT2D eigenvalue weighted by Gasteiger charge is 2.55. The molecule has 1 saturated heterocycles. The summed E-state index contributed by atoms with van der Waals surface area (Å²) >= 11 is 0. The fourth-order valence-electron chi connectivity index (χ4n) is 4.67. The molecule has 2 fully saturated rings. The Morgan fingerprint density at radius 2 is 1.87 bits per heavy atom. The van der Waals surface area contributed by atoms with Gasteiger partial charge in [0, 0.05) is 12.7 Å². The number of anilines is 1. The molecule has 1 aliphatic carbocycles. The molecule has 5 rings (SSSR count). The fourth-order valence-corrected chi connectivity index (χ4v) is 5.97. The highest BCUT2D eigenvalue weighted by molar-refractivity contribution is 6.74. The first-order valence-corrected chi connectivity index (χ1v) is 16.0. The van der Waals surface area contributed by atoms with E-state index >= 15 is 0 Å². The zero-order valence-electron chi connectivity index (χ0n) is 22.8. The van der Waals surface area contributed by atoms with E-state index in [-0.39, 0.29) is 16.9 Å². The van der Waals surface area contributed by atoms with Crippen LogP contribution in [0.2, 0.25) is 18.1 Å². The number of nitrogens with one attached hydrogen (secondary N) is 1. The first-order chi connectivity index (χ1) is 18.0. The van der Waals surface area contributed by atoms with E-state index in [1.807, 2.05) is 6.07 Å². The standard InChI is InChI=1S/C27H37N5O5Si/c1-27(2,3)38(5,6)37-21-20(19(33)16-12-13-16)36-26(22(21)35-4)32-15-30-18-23(28-14-29-24(18)32)31-25(34)17-10-8-7-9-11-17/h7-11,14-16,19-22,26,33H,12-13H2,1-6H3,(H,28,29,31,34)/t19-,20+,21+,22+,26+/m0/s1. The van der Waals surface area contributed by atoms with Gasteiger partial charge in [-0.1, -0.05) is 39.0 Å². The Bertz CT molecular complexity index is 1290. The van der Waals surface area contributed by atoms with Crippen molar-refractivity contribution in [3.05, 3.63) is 48.5 Å². The van der Waals surface area contributed by atoms with Crippen LogP contribution in [0.1, 0.15) is 50.2 Å². The summed E-state index contributed by atoms with van der Waals surface area (Å²) in [5.74, 6) is 0.212. The van der Waals surface area contributed by atoms with Crippen LogP contribution in [-0.4, -0.2) is 70.4 Å². The Kier molecular flexibility index (Phi) is 7.16. The molecule has 1 amide bonds. The monoisotopic (exact) mass is 539 g/mol. The average Bonchev–Trinajstić information content (AvgIpc) is 3.55. The molecule has 2 aliphatic rings. The smallest absolute Gasteiger partial charge is 0.256 e. The van der Waals surface area contributed by atoms with Gasteiger partial charge in [-0.25, -0.2) is 15.0 Å². The number of aliphatic hydroxyl groups excluding tert-OH is 1. The summed E-state index contributed by atoms with van der Waals surface area (Å²) in [6, 6.07) is 8.92. The van der Waals surface area contributed by atoms with Gasteiger partial charge in [-0.2, -0.15) is 0 Å². The summed E-state index contributed by atoms with van der Waals surface area (Å²) in [6.45, 7) is 10.9. The molecular weight excluding hydrogens is 502 g/mol. The minimum Gasteiger partial charge on any atom is -0.408 e. The van der Waals surface area contributed by atoms with Crippen molar-refractivity contribution in [3.8, 4) is 0 Å². The molecule has 0 bridgehead atoms. The topological polar surface area (TPSA) is 121 Å². The molecule has 1 saturated carbocycles. The maximum absolute atomic E-state index is 12.8. The lowest BCUT2D eigenvalue weighted by molar-refractivity contribution is -0.0896. The normalized spacial score (nSPS) is 25.0. The lowest BCUT2D eigenvalue weighted by Crippen LogP contribution is -2.52. The molecule has 0 unspecified atom stereocenters. The van der Waals surface area contributed by atoms with E-state index < -0.39 is 39.0 Å². The SMILES string of the molecule is CO[C@@H]1[C@H](O[Si](C)(C)C(C)(C)C)[C@@H]([C@@H](O)C2CC2)O[C@H]1n1cnc2c(NC(=O)c3ccccc3)ncnc21. The van der Waals surface area contributed by atoms with E-state index in [4.69, 9.17) is 13.9 Å². The fraction of sp³-hybridized carbons (Fsp3) is 0.556. The van der Waals surface area contributed by atoms with Crippen LogP contribution < -0.4 is 5.32 Å². The van der Waals surface area contributed by atoms with Crippen molar-refractivity contribution < 1.29 is 23.8 Å². The van der Waals surface area contributed by atoms with Crippen molar-refractivity contribution in [2.24, 2.45) is 5.92 Å². The zero-order chi connectivity index (χ0) is 27.2. The molecule has 2 N–H and O–H groups in total. The highest BCUT2D eigenvalue weighted by atomic mass is 28.4. The van der Waals surface area contributed by atoms with Crippen molar-refractivity contribution in [2.45, 2.75) is 82.4 Å². The van der Waals surface area contributed by atoms with Gasteiger partial charge in [-0.15, -0.1) is 0 Å². The van der Waals surface area contributed by atoms with Gasteiger partial charge in [0.25, 0.3) is 5.91 Å². The predicted octanol–water partition coefficient (Wildman–Crippen LogP) is 4.15. The van der Waals surface area contributed by atoms with Crippen LogP contribution >= 0.6 is 0 Å². The molecule has 204 valence electrons. The first-order valence-electron chi connectivity index (χ1n) is 13.1. The Hall–Kier alpha value is -2.70. The number of ether oxygens (including phenoxy) is 2. The van der Waals surface area contributed by atoms with Gasteiger partial charge >= 0.3 is 0 Å². The molecule has 1 aliphatic heterocycles. The third-order valence-corrected chi connectivity index (χ3v) is 12.6. The van der Waals surface area contributed by atoms with E-state index in [1.54, 1.807) is 42.3 Å². The minimum atomic E-state index is -2.23. The average molecular weight is 540 g/mol. The second-order valence-electron chi connectivity index (χ2n) is 11.7. The second-order valence-corrected chi connectivity index (χ2v) is 16.5. The molecule has 2 aromatic heterocycles. The van der Waals surface area contributed by atoms with Gasteiger partial charge in [-0.3, -0.25) is 9.36 Å². The highest BCUT2D eigenvalue weighted by Crippen LogP contribution is 2.46. The number of imidazole rings is 1. The van der Waals surface area contributed by atoms with Crippen LogP contribution in [0.25, 0.3) is 11.2 Å². The molecule has 38 heavy (non-hydrogen) atoms. The number of amides is 1. The number of hydrogen-bond donors (Lipinski definition) is 2. The molecule has 1 aromatic carbocycles. The number of hydrogen-bond acceptors (Lipinski definition) is 8. The number of aliphatic hydroxyl groups is 1. The van der Waals surface area contributed by atoms with Gasteiger partial charge in [0.15, 0.2) is 31.5 Å². The second kappa shape index (κ2) is 10.1. The lowest BCUT2D eigenvalue weighted by Gasteiger charge is -2.41. The molecule has 0 radical (unpaired) electrons. The number of carbonyl (C=O) groups is 1. The van der Waals surface area contributed by atoms with E-state index in [2.05, 4.69) is 54.1 Å². The minimum absolute atomic E-state index is 0.0285. The Morgan fingerprint density at radius 1 is 1.16 bits per heavy atom. The summed E-state index contributed by atoms with van der Waals surface area (Å²) in [4.78, 5) is 26.0. The first kappa shape index (κ1) is 26.9. The zero-order valence-corrected chi connectivity index (χ0v) is 23.8. The molecule has 11 heteroatoms.